The van der Waals surface area contributed by atoms with E-state index in [1.54, 1.807) is 32.3 Å². The van der Waals surface area contributed by atoms with Crippen LogP contribution in [0.4, 0.5) is 0 Å². The average Bonchev–Trinajstić information content (AvgIpc) is 2.54. The first-order valence-corrected chi connectivity index (χ1v) is 6.76. The monoisotopic (exact) mass is 302 g/mol. The van der Waals surface area contributed by atoms with Crippen molar-refractivity contribution >= 4 is 11.9 Å². The normalized spacial score (nSPS) is 17.9. The van der Waals surface area contributed by atoms with Crippen molar-refractivity contribution in [3.05, 3.63) is 52.5 Å². The Hall–Kier alpha value is -2.63. The van der Waals surface area contributed by atoms with E-state index < -0.39 is 18.0 Å². The molecular formula is C16H18N2O4. The van der Waals surface area contributed by atoms with Crippen molar-refractivity contribution < 1.29 is 19.1 Å². The highest BCUT2D eigenvalue weighted by Crippen LogP contribution is 2.34. The summed E-state index contributed by atoms with van der Waals surface area (Å²) in [4.78, 5) is 28.3. The first kappa shape index (κ1) is 15.8. The van der Waals surface area contributed by atoms with Crippen LogP contribution >= 0.6 is 0 Å². The van der Waals surface area contributed by atoms with Crippen LogP contribution in [-0.2, 0) is 19.1 Å². The maximum Gasteiger partial charge on any atom is 0.339 e. The van der Waals surface area contributed by atoms with Crippen LogP contribution in [0.25, 0.3) is 0 Å². The Balaban J connectivity index is 2.59. The Morgan fingerprint density at radius 2 is 1.86 bits per heavy atom. The Morgan fingerprint density at radius 3 is 2.41 bits per heavy atom. The van der Waals surface area contributed by atoms with Gasteiger partial charge in [0.1, 0.15) is 0 Å². The van der Waals surface area contributed by atoms with Gasteiger partial charge >= 0.3 is 11.9 Å². The molecule has 1 atom stereocenters. The van der Waals surface area contributed by atoms with Gasteiger partial charge in [-0.2, -0.15) is 0 Å². The zero-order valence-electron chi connectivity index (χ0n) is 13.0. The van der Waals surface area contributed by atoms with Gasteiger partial charge in [-0.25, -0.2) is 9.59 Å². The van der Waals surface area contributed by atoms with Gasteiger partial charge in [-0.1, -0.05) is 6.07 Å². The Kier molecular flexibility index (Phi) is 4.60. The summed E-state index contributed by atoms with van der Waals surface area (Å²) in [7, 11) is 2.62. The summed E-state index contributed by atoms with van der Waals surface area (Å²) in [6.45, 7) is 3.49. The smallest absolute Gasteiger partial charge is 0.339 e. The predicted molar refractivity (Wildman–Crippen MR) is 79.5 cm³/mol. The highest BCUT2D eigenvalue weighted by molar-refractivity contribution is 6.00. The predicted octanol–water partition coefficient (Wildman–Crippen LogP) is 1.66. The number of carbonyl (C=O) groups excluding carboxylic acids is 2. The highest BCUT2D eigenvalue weighted by Gasteiger charge is 2.34. The van der Waals surface area contributed by atoms with Crippen molar-refractivity contribution in [1.82, 2.24) is 10.3 Å². The maximum atomic E-state index is 12.2. The SMILES string of the molecule is COC(=O)C1=C(C)N[C@@H](c2cccnc2)C(C(=O)OC)=C1C. The van der Waals surface area contributed by atoms with E-state index >= 15 is 0 Å². The van der Waals surface area contributed by atoms with Crippen LogP contribution in [0.1, 0.15) is 25.5 Å². The molecule has 1 aromatic rings. The molecule has 6 heteroatoms. The number of esters is 2. The molecular weight excluding hydrogens is 284 g/mol. The molecule has 1 N–H and O–H groups in total. The van der Waals surface area contributed by atoms with E-state index in [-0.39, 0.29) is 0 Å². The van der Waals surface area contributed by atoms with Crippen LogP contribution in [0, 0.1) is 0 Å². The van der Waals surface area contributed by atoms with Crippen molar-refractivity contribution in [2.24, 2.45) is 0 Å². The van der Waals surface area contributed by atoms with Crippen molar-refractivity contribution in [3.8, 4) is 0 Å². The lowest BCUT2D eigenvalue weighted by molar-refractivity contribution is -0.136. The van der Waals surface area contributed by atoms with Gasteiger partial charge in [0.15, 0.2) is 0 Å². The van der Waals surface area contributed by atoms with Gasteiger partial charge in [0, 0.05) is 18.1 Å². The van der Waals surface area contributed by atoms with Crippen molar-refractivity contribution in [2.75, 3.05) is 14.2 Å². The number of dihydropyridines is 1. The number of hydrogen-bond acceptors (Lipinski definition) is 6. The molecule has 1 aromatic heterocycles. The number of carbonyl (C=O) groups is 2. The number of nitrogens with zero attached hydrogens (tertiary/aromatic N) is 1. The summed E-state index contributed by atoms with van der Waals surface area (Å²) in [5.41, 5.74) is 2.73. The van der Waals surface area contributed by atoms with Crippen LogP contribution < -0.4 is 5.32 Å². The Labute approximate surface area is 128 Å². The van der Waals surface area contributed by atoms with Crippen molar-refractivity contribution in [2.45, 2.75) is 19.9 Å². The number of hydrogen-bond donors (Lipinski definition) is 1. The molecule has 2 heterocycles. The van der Waals surface area contributed by atoms with Gasteiger partial charge < -0.3 is 14.8 Å². The Bertz CT molecular complexity index is 662. The molecule has 22 heavy (non-hydrogen) atoms. The van der Waals surface area contributed by atoms with Gasteiger partial charge in [-0.3, -0.25) is 4.98 Å². The molecule has 0 spiro atoms. The molecule has 0 aliphatic carbocycles. The number of pyridine rings is 1. The van der Waals surface area contributed by atoms with E-state index in [2.05, 4.69) is 10.3 Å². The molecule has 0 aromatic carbocycles. The minimum atomic E-state index is -0.493. The molecule has 0 amide bonds. The third-order valence-electron chi connectivity index (χ3n) is 3.62. The van der Waals surface area contributed by atoms with Crippen LogP contribution in [0.2, 0.25) is 0 Å². The molecule has 0 saturated carbocycles. The zero-order valence-corrected chi connectivity index (χ0v) is 13.0. The van der Waals surface area contributed by atoms with Gasteiger partial charge in [0.25, 0.3) is 0 Å². The molecule has 1 aliphatic heterocycles. The van der Waals surface area contributed by atoms with Gasteiger partial charge in [-0.05, 0) is 31.1 Å². The van der Waals surface area contributed by atoms with E-state index in [0.29, 0.717) is 22.4 Å². The lowest BCUT2D eigenvalue weighted by atomic mass is 9.87. The van der Waals surface area contributed by atoms with E-state index in [1.807, 2.05) is 6.07 Å². The fraction of sp³-hybridized carbons (Fsp3) is 0.312. The van der Waals surface area contributed by atoms with E-state index in [0.717, 1.165) is 5.56 Å². The quantitative estimate of drug-likeness (QED) is 0.856. The van der Waals surface area contributed by atoms with E-state index in [4.69, 9.17) is 9.47 Å². The summed E-state index contributed by atoms with van der Waals surface area (Å²) >= 11 is 0. The van der Waals surface area contributed by atoms with Crippen LogP contribution in [0.5, 0.6) is 0 Å². The third kappa shape index (κ3) is 2.72. The lowest BCUT2D eigenvalue weighted by Gasteiger charge is -2.30. The van der Waals surface area contributed by atoms with Crippen LogP contribution in [0.3, 0.4) is 0 Å². The number of ether oxygens (including phenoxy) is 2. The Morgan fingerprint density at radius 1 is 1.18 bits per heavy atom. The number of allylic oxidation sites excluding steroid dienone is 1. The first-order valence-electron chi connectivity index (χ1n) is 6.76. The summed E-state index contributed by atoms with van der Waals surface area (Å²) in [6.07, 6.45) is 3.33. The molecule has 116 valence electrons. The molecule has 0 radical (unpaired) electrons. The number of aromatic nitrogens is 1. The molecule has 0 unspecified atom stereocenters. The van der Waals surface area contributed by atoms with Crippen LogP contribution in [0.15, 0.2) is 46.9 Å². The molecule has 1 aliphatic rings. The average molecular weight is 302 g/mol. The molecule has 0 fully saturated rings. The van der Waals surface area contributed by atoms with Gasteiger partial charge in [-0.15, -0.1) is 0 Å². The lowest BCUT2D eigenvalue weighted by Crippen LogP contribution is -2.33. The molecule has 2 rings (SSSR count). The van der Waals surface area contributed by atoms with Gasteiger partial charge in [0.05, 0.1) is 31.4 Å². The summed E-state index contributed by atoms with van der Waals surface area (Å²) < 4.78 is 9.67. The van der Waals surface area contributed by atoms with E-state index in [9.17, 15) is 9.59 Å². The van der Waals surface area contributed by atoms with Crippen molar-refractivity contribution in [3.63, 3.8) is 0 Å². The van der Waals surface area contributed by atoms with E-state index in [1.165, 1.54) is 14.2 Å². The second kappa shape index (κ2) is 6.43. The summed E-state index contributed by atoms with van der Waals surface area (Å²) in [5, 5.41) is 3.17. The minimum absolute atomic E-state index is 0.350. The first-order chi connectivity index (χ1) is 10.5. The standard InChI is InChI=1S/C16H18N2O4/c1-9-12(15(19)21-3)10(2)18-14(13(9)16(20)22-4)11-6-5-7-17-8-11/h5-8,14,18H,1-4H3/t14-/m0/s1. The maximum absolute atomic E-state index is 12.2. The minimum Gasteiger partial charge on any atom is -0.466 e. The largest absolute Gasteiger partial charge is 0.466 e. The fourth-order valence-corrected chi connectivity index (χ4v) is 2.58. The summed E-state index contributed by atoms with van der Waals surface area (Å²) in [5.74, 6) is -0.985. The van der Waals surface area contributed by atoms with Crippen LogP contribution in [-0.4, -0.2) is 31.1 Å². The highest BCUT2D eigenvalue weighted by atomic mass is 16.5. The molecule has 0 saturated heterocycles. The second-order valence-electron chi connectivity index (χ2n) is 4.89. The molecule has 6 nitrogen and oxygen atoms in total. The zero-order chi connectivity index (χ0) is 16.3. The number of nitrogens with one attached hydrogen (secondary N) is 1. The topological polar surface area (TPSA) is 77.5 Å². The van der Waals surface area contributed by atoms with Crippen molar-refractivity contribution in [1.29, 1.82) is 0 Å². The third-order valence-corrected chi connectivity index (χ3v) is 3.62. The number of rotatable bonds is 3. The summed E-state index contributed by atoms with van der Waals surface area (Å²) in [6, 6.07) is 3.22. The number of methoxy groups -OCH3 is 2. The molecule has 0 bridgehead atoms. The fourth-order valence-electron chi connectivity index (χ4n) is 2.58. The van der Waals surface area contributed by atoms with Gasteiger partial charge in [0.2, 0.25) is 0 Å². The second-order valence-corrected chi connectivity index (χ2v) is 4.89.